The molecule has 1 aromatic heterocycles. The molecule has 6 rings (SSSR count). The van der Waals surface area contributed by atoms with Crippen molar-refractivity contribution in [3.05, 3.63) is 53.5 Å². The zero-order valence-electron chi connectivity index (χ0n) is 15.3. The van der Waals surface area contributed by atoms with E-state index >= 15 is 0 Å². The van der Waals surface area contributed by atoms with Crippen LogP contribution >= 0.6 is 0 Å². The van der Waals surface area contributed by atoms with Crippen molar-refractivity contribution in [1.82, 2.24) is 20.1 Å². The molecule has 146 valence electrons. The molecular weight excluding hydrogens is 363 g/mol. The van der Waals surface area contributed by atoms with Gasteiger partial charge in [0.2, 0.25) is 0 Å². The van der Waals surface area contributed by atoms with E-state index in [1.165, 1.54) is 30.7 Å². The number of rotatable bonds is 3. The average molecular weight is 384 g/mol. The third kappa shape index (κ3) is 2.79. The third-order valence-electron chi connectivity index (χ3n) is 6.19. The topological polar surface area (TPSA) is 78.7 Å². The van der Waals surface area contributed by atoms with Gasteiger partial charge in [0, 0.05) is 43.7 Å². The van der Waals surface area contributed by atoms with Crippen LogP contribution in [0, 0.1) is 11.7 Å². The first-order valence-corrected chi connectivity index (χ1v) is 9.62. The predicted octanol–water partition coefficient (Wildman–Crippen LogP) is 1.49. The van der Waals surface area contributed by atoms with Crippen LogP contribution in [0.3, 0.4) is 0 Å². The first kappa shape index (κ1) is 17.4. The summed E-state index contributed by atoms with van der Waals surface area (Å²) < 4.78 is 18.6. The number of hydrogen-bond acceptors (Lipinski definition) is 5. The lowest BCUT2D eigenvalue weighted by Gasteiger charge is -2.36. The summed E-state index contributed by atoms with van der Waals surface area (Å²) in [5.41, 5.74) is 0.856. The van der Waals surface area contributed by atoms with Gasteiger partial charge in [0.1, 0.15) is 11.6 Å². The molecule has 0 radical (unpaired) electrons. The van der Waals surface area contributed by atoms with Gasteiger partial charge in [-0.25, -0.2) is 9.37 Å². The van der Waals surface area contributed by atoms with Gasteiger partial charge in [-0.3, -0.25) is 9.59 Å². The first-order valence-electron chi connectivity index (χ1n) is 9.62. The number of carbonyl (C=O) groups excluding carboxylic acids is 2. The Kier molecular flexibility index (Phi) is 4.16. The predicted molar refractivity (Wildman–Crippen MR) is 97.3 cm³/mol. The van der Waals surface area contributed by atoms with E-state index in [0.29, 0.717) is 55.2 Å². The normalized spacial score (nSPS) is 26.2. The molecule has 4 fully saturated rings. The highest BCUT2D eigenvalue weighted by atomic mass is 19.1. The van der Waals surface area contributed by atoms with E-state index in [9.17, 15) is 14.0 Å². The Morgan fingerprint density at radius 1 is 1.07 bits per heavy atom. The third-order valence-corrected chi connectivity index (χ3v) is 6.19. The van der Waals surface area contributed by atoms with Gasteiger partial charge >= 0.3 is 0 Å². The second kappa shape index (κ2) is 6.70. The Morgan fingerprint density at radius 2 is 1.75 bits per heavy atom. The molecule has 28 heavy (non-hydrogen) atoms. The quantitative estimate of drug-likeness (QED) is 0.868. The fourth-order valence-corrected chi connectivity index (χ4v) is 4.56. The van der Waals surface area contributed by atoms with Gasteiger partial charge < -0.3 is 19.5 Å². The number of benzene rings is 1. The molecule has 7 nitrogen and oxygen atoms in total. The number of fused-ring (bicyclic) bond motifs is 1. The molecule has 1 saturated carbocycles. The summed E-state index contributed by atoms with van der Waals surface area (Å²) in [6.07, 6.45) is 2.48. The number of amides is 2. The van der Waals surface area contributed by atoms with E-state index in [1.54, 1.807) is 9.80 Å². The van der Waals surface area contributed by atoms with Crippen LogP contribution in [0.15, 0.2) is 35.1 Å². The molecule has 1 aromatic carbocycles. The van der Waals surface area contributed by atoms with Crippen LogP contribution in [0.5, 0.6) is 0 Å². The van der Waals surface area contributed by atoms with Gasteiger partial charge in [-0.1, -0.05) is 0 Å². The largest absolute Gasteiger partial charge is 0.447 e. The van der Waals surface area contributed by atoms with Crippen LogP contribution in [0.4, 0.5) is 4.39 Å². The first-order chi connectivity index (χ1) is 13.6. The van der Waals surface area contributed by atoms with Gasteiger partial charge in [-0.05, 0) is 43.1 Å². The molecule has 2 aromatic rings. The van der Waals surface area contributed by atoms with Gasteiger partial charge in [0.25, 0.3) is 11.8 Å². The summed E-state index contributed by atoms with van der Waals surface area (Å²) in [6.45, 7) is 2.71. The molecule has 0 spiro atoms. The molecule has 3 aliphatic heterocycles. The van der Waals surface area contributed by atoms with Crippen molar-refractivity contribution >= 4 is 11.8 Å². The lowest BCUT2D eigenvalue weighted by Crippen LogP contribution is -2.51. The number of oxazole rings is 1. The summed E-state index contributed by atoms with van der Waals surface area (Å²) in [6, 6.07) is 5.91. The van der Waals surface area contributed by atoms with Gasteiger partial charge in [0.05, 0.1) is 0 Å². The van der Waals surface area contributed by atoms with Gasteiger partial charge in [-0.2, -0.15) is 0 Å². The Balaban J connectivity index is 1.24. The molecular formula is C20H21FN4O3. The van der Waals surface area contributed by atoms with Crippen molar-refractivity contribution in [2.45, 2.75) is 18.4 Å². The maximum atomic E-state index is 13.1. The van der Waals surface area contributed by atoms with E-state index < -0.39 is 0 Å². The summed E-state index contributed by atoms with van der Waals surface area (Å²) in [7, 11) is 0. The molecule has 2 bridgehead atoms. The highest BCUT2D eigenvalue weighted by Crippen LogP contribution is 2.48. The molecule has 1 N–H and O–H groups in total. The number of carbonyl (C=O) groups is 2. The maximum Gasteiger partial charge on any atom is 0.276 e. The smallest absolute Gasteiger partial charge is 0.276 e. The van der Waals surface area contributed by atoms with Crippen molar-refractivity contribution in [3.8, 4) is 0 Å². The standard InChI is InChI=1S/C20H21FN4O3/c21-14-3-1-12(2-4-14)19(26)24-5-7-25(8-6-24)20(27)17-18(28-11-23-17)16-13-9-15(16)22-10-13/h1-4,11,13,15-16,22H,5-10H2. The minimum absolute atomic E-state index is 0.135. The van der Waals surface area contributed by atoms with Crippen LogP contribution in [-0.4, -0.2) is 65.4 Å². The molecule has 4 aliphatic rings. The lowest BCUT2D eigenvalue weighted by molar-refractivity contribution is 0.0529. The number of hydrogen-bond donors (Lipinski definition) is 1. The summed E-state index contributed by atoms with van der Waals surface area (Å²) >= 11 is 0. The van der Waals surface area contributed by atoms with E-state index in [0.717, 1.165) is 13.0 Å². The van der Waals surface area contributed by atoms with E-state index in [-0.39, 0.29) is 23.5 Å². The highest BCUT2D eigenvalue weighted by molar-refractivity contribution is 5.95. The second-order valence-electron chi connectivity index (χ2n) is 7.69. The zero-order chi connectivity index (χ0) is 19.3. The zero-order valence-corrected chi connectivity index (χ0v) is 15.3. The van der Waals surface area contributed by atoms with E-state index in [4.69, 9.17) is 4.42 Å². The average Bonchev–Trinajstić information content (AvgIpc) is 3.45. The molecule has 3 saturated heterocycles. The van der Waals surface area contributed by atoms with Crippen molar-refractivity contribution in [2.24, 2.45) is 5.92 Å². The fourth-order valence-electron chi connectivity index (χ4n) is 4.56. The molecule has 3 unspecified atom stereocenters. The minimum Gasteiger partial charge on any atom is -0.447 e. The second-order valence-corrected chi connectivity index (χ2v) is 7.69. The van der Waals surface area contributed by atoms with Gasteiger partial charge in [-0.15, -0.1) is 0 Å². The van der Waals surface area contributed by atoms with Crippen molar-refractivity contribution < 1.29 is 18.4 Å². The lowest BCUT2D eigenvalue weighted by atomic mass is 9.72. The SMILES string of the molecule is O=C(c1ccc(F)cc1)N1CCN(C(=O)c2ncoc2C2C3CNC2C3)CC1. The van der Waals surface area contributed by atoms with Crippen LogP contribution in [-0.2, 0) is 0 Å². The molecule has 8 heteroatoms. The number of halogens is 1. The highest BCUT2D eigenvalue weighted by Gasteiger charge is 2.50. The molecule has 1 aliphatic carbocycles. The van der Waals surface area contributed by atoms with Crippen molar-refractivity contribution in [2.75, 3.05) is 32.7 Å². The van der Waals surface area contributed by atoms with Crippen molar-refractivity contribution in [1.29, 1.82) is 0 Å². The van der Waals surface area contributed by atoms with E-state index in [1.807, 2.05) is 0 Å². The summed E-state index contributed by atoms with van der Waals surface area (Å²) in [4.78, 5) is 33.1. The number of nitrogens with one attached hydrogen (secondary N) is 1. The number of nitrogens with zero attached hydrogens (tertiary/aromatic N) is 3. The molecule has 2 amide bonds. The van der Waals surface area contributed by atoms with Crippen molar-refractivity contribution in [3.63, 3.8) is 0 Å². The van der Waals surface area contributed by atoms with Crippen LogP contribution in [0.25, 0.3) is 0 Å². The van der Waals surface area contributed by atoms with Crippen LogP contribution in [0.1, 0.15) is 38.9 Å². The molecule has 4 heterocycles. The summed E-state index contributed by atoms with van der Waals surface area (Å²) in [5.74, 6) is 0.805. The fraction of sp³-hybridized carbons (Fsp3) is 0.450. The number of aromatic nitrogens is 1. The van der Waals surface area contributed by atoms with Crippen LogP contribution < -0.4 is 5.32 Å². The van der Waals surface area contributed by atoms with Crippen LogP contribution in [0.2, 0.25) is 0 Å². The van der Waals surface area contributed by atoms with Gasteiger partial charge in [0.15, 0.2) is 12.1 Å². The Morgan fingerprint density at radius 3 is 2.36 bits per heavy atom. The number of piperazine rings is 1. The maximum absolute atomic E-state index is 13.1. The Hall–Kier alpha value is -2.74. The Bertz CT molecular complexity index is 890. The van der Waals surface area contributed by atoms with E-state index in [2.05, 4.69) is 10.3 Å². The monoisotopic (exact) mass is 384 g/mol. The summed E-state index contributed by atoms with van der Waals surface area (Å²) in [5, 5.41) is 3.43. The Labute approximate surface area is 161 Å². The molecule has 3 atom stereocenters. The minimum atomic E-state index is -0.370.